The van der Waals surface area contributed by atoms with Crippen LogP contribution < -0.4 is 4.74 Å². The molecule has 0 fully saturated rings. The Balaban J connectivity index is 2.32. The summed E-state index contributed by atoms with van der Waals surface area (Å²) in [5, 5.41) is 0.543. The van der Waals surface area contributed by atoms with Crippen LogP contribution >= 0.6 is 11.6 Å². The molecule has 0 spiro atoms. The molecule has 21 heavy (non-hydrogen) atoms. The maximum atomic E-state index is 12.7. The molecule has 0 heterocycles. The maximum absolute atomic E-state index is 12.7. The molecule has 0 saturated heterocycles. The fourth-order valence-corrected chi connectivity index (χ4v) is 2.17. The summed E-state index contributed by atoms with van der Waals surface area (Å²) in [6.45, 7) is 2.76. The zero-order valence-electron chi connectivity index (χ0n) is 12.1. The molecule has 2 rings (SSSR count). The Kier molecular flexibility index (Phi) is 5.37. The summed E-state index contributed by atoms with van der Waals surface area (Å²) >= 11 is 5.99. The van der Waals surface area contributed by atoms with E-state index in [0.29, 0.717) is 35.1 Å². The molecule has 0 radical (unpaired) electrons. The summed E-state index contributed by atoms with van der Waals surface area (Å²) in [7, 11) is 1.61. The number of benzene rings is 2. The molecule has 0 amide bonds. The van der Waals surface area contributed by atoms with Crippen molar-refractivity contribution >= 4 is 17.4 Å². The normalized spacial score (nSPS) is 10.4. The van der Waals surface area contributed by atoms with Crippen molar-refractivity contribution in [2.24, 2.45) is 0 Å². The van der Waals surface area contributed by atoms with Gasteiger partial charge in [-0.3, -0.25) is 4.79 Å². The van der Waals surface area contributed by atoms with Crippen molar-refractivity contribution in [1.82, 2.24) is 0 Å². The van der Waals surface area contributed by atoms with E-state index < -0.39 is 0 Å². The summed E-state index contributed by atoms with van der Waals surface area (Å²) in [6, 6.07) is 12.5. The smallest absolute Gasteiger partial charge is 0.197 e. The van der Waals surface area contributed by atoms with Gasteiger partial charge in [0.1, 0.15) is 12.4 Å². The van der Waals surface area contributed by atoms with E-state index in [2.05, 4.69) is 0 Å². The summed E-state index contributed by atoms with van der Waals surface area (Å²) < 4.78 is 10.6. The van der Waals surface area contributed by atoms with Gasteiger partial charge in [-0.05, 0) is 36.8 Å². The van der Waals surface area contributed by atoms with Crippen molar-refractivity contribution in [1.29, 1.82) is 0 Å². The number of aryl methyl sites for hydroxylation is 1. The molecule has 0 aliphatic rings. The number of ketones is 1. The third-order valence-electron chi connectivity index (χ3n) is 3.12. The van der Waals surface area contributed by atoms with Gasteiger partial charge in [-0.2, -0.15) is 0 Å². The van der Waals surface area contributed by atoms with Crippen LogP contribution in [0.5, 0.6) is 5.75 Å². The number of para-hydroxylation sites is 1. The first kappa shape index (κ1) is 15.5. The van der Waals surface area contributed by atoms with Crippen molar-refractivity contribution in [3.63, 3.8) is 0 Å². The minimum absolute atomic E-state index is 0.0944. The van der Waals surface area contributed by atoms with E-state index in [1.165, 1.54) is 0 Å². The van der Waals surface area contributed by atoms with E-state index >= 15 is 0 Å². The molecule has 2 aromatic rings. The number of rotatable bonds is 6. The largest absolute Gasteiger partial charge is 0.490 e. The summed E-state index contributed by atoms with van der Waals surface area (Å²) in [5.41, 5.74) is 2.00. The second kappa shape index (κ2) is 7.25. The van der Waals surface area contributed by atoms with Crippen LogP contribution in [0.4, 0.5) is 0 Å². The quantitative estimate of drug-likeness (QED) is 0.599. The van der Waals surface area contributed by atoms with Crippen molar-refractivity contribution in [2.75, 3.05) is 20.3 Å². The highest BCUT2D eigenvalue weighted by molar-refractivity contribution is 6.31. The number of hydrogen-bond donors (Lipinski definition) is 0. The lowest BCUT2D eigenvalue weighted by atomic mass is 9.98. The van der Waals surface area contributed by atoms with Crippen molar-refractivity contribution in [3.05, 3.63) is 64.2 Å². The zero-order chi connectivity index (χ0) is 15.2. The third kappa shape index (κ3) is 3.84. The van der Waals surface area contributed by atoms with Gasteiger partial charge in [0.15, 0.2) is 5.78 Å². The lowest BCUT2D eigenvalue weighted by Gasteiger charge is -2.11. The van der Waals surface area contributed by atoms with Crippen LogP contribution in [-0.4, -0.2) is 26.1 Å². The molecule has 3 nitrogen and oxygen atoms in total. The topological polar surface area (TPSA) is 35.5 Å². The van der Waals surface area contributed by atoms with Gasteiger partial charge in [-0.1, -0.05) is 29.8 Å². The second-order valence-electron chi connectivity index (χ2n) is 4.63. The SMILES string of the molecule is COCCOc1ccccc1C(=O)c1cc(Cl)ccc1C. The highest BCUT2D eigenvalue weighted by Gasteiger charge is 2.16. The molecule has 0 aliphatic heterocycles. The van der Waals surface area contributed by atoms with Gasteiger partial charge in [0.2, 0.25) is 0 Å². The van der Waals surface area contributed by atoms with E-state index in [4.69, 9.17) is 21.1 Å². The first-order valence-electron chi connectivity index (χ1n) is 6.65. The zero-order valence-corrected chi connectivity index (χ0v) is 12.8. The molecular weight excluding hydrogens is 288 g/mol. The average Bonchev–Trinajstić information content (AvgIpc) is 2.50. The van der Waals surface area contributed by atoms with Gasteiger partial charge in [0.25, 0.3) is 0 Å². The summed E-state index contributed by atoms with van der Waals surface area (Å²) in [4.78, 5) is 12.7. The molecule has 0 saturated carbocycles. The number of hydrogen-bond acceptors (Lipinski definition) is 3. The molecule has 0 aliphatic carbocycles. The fraction of sp³-hybridized carbons (Fsp3) is 0.235. The van der Waals surface area contributed by atoms with Gasteiger partial charge in [0, 0.05) is 17.7 Å². The second-order valence-corrected chi connectivity index (χ2v) is 5.06. The molecule has 4 heteroatoms. The summed E-state index contributed by atoms with van der Waals surface area (Å²) in [5.74, 6) is 0.460. The van der Waals surface area contributed by atoms with Crippen LogP contribution in [0.15, 0.2) is 42.5 Å². The van der Waals surface area contributed by atoms with Gasteiger partial charge >= 0.3 is 0 Å². The molecule has 0 N–H and O–H groups in total. The predicted molar refractivity (Wildman–Crippen MR) is 83.4 cm³/mol. The Labute approximate surface area is 129 Å². The van der Waals surface area contributed by atoms with Gasteiger partial charge < -0.3 is 9.47 Å². The fourth-order valence-electron chi connectivity index (χ4n) is 2.00. The minimum atomic E-state index is -0.0944. The first-order valence-corrected chi connectivity index (χ1v) is 7.03. The van der Waals surface area contributed by atoms with E-state index in [0.717, 1.165) is 5.56 Å². The van der Waals surface area contributed by atoms with Crippen LogP contribution in [0.25, 0.3) is 0 Å². The lowest BCUT2D eigenvalue weighted by molar-refractivity contribution is 0.103. The molecule has 0 bridgehead atoms. The molecule has 0 unspecified atom stereocenters. The number of ether oxygens (including phenoxy) is 2. The Morgan fingerprint density at radius 1 is 1.10 bits per heavy atom. The minimum Gasteiger partial charge on any atom is -0.490 e. The lowest BCUT2D eigenvalue weighted by Crippen LogP contribution is -2.10. The molecule has 0 atom stereocenters. The highest BCUT2D eigenvalue weighted by atomic mass is 35.5. The van der Waals surface area contributed by atoms with Crippen molar-refractivity contribution in [2.45, 2.75) is 6.92 Å². The van der Waals surface area contributed by atoms with Crippen LogP contribution in [0.1, 0.15) is 21.5 Å². The maximum Gasteiger partial charge on any atom is 0.197 e. The molecule has 0 aromatic heterocycles. The standard InChI is InChI=1S/C17H17ClO3/c1-12-7-8-13(18)11-15(12)17(19)14-5-3-4-6-16(14)21-10-9-20-2/h3-8,11H,9-10H2,1-2H3. The van der Waals surface area contributed by atoms with Crippen molar-refractivity contribution in [3.8, 4) is 5.75 Å². The number of carbonyl (C=O) groups is 1. The number of halogens is 1. The predicted octanol–water partition coefficient (Wildman–Crippen LogP) is 3.90. The third-order valence-corrected chi connectivity index (χ3v) is 3.36. The Morgan fingerprint density at radius 2 is 1.86 bits per heavy atom. The van der Waals surface area contributed by atoms with Gasteiger partial charge in [-0.25, -0.2) is 0 Å². The molecular formula is C17H17ClO3. The average molecular weight is 305 g/mol. The van der Waals surface area contributed by atoms with Crippen LogP contribution in [0.2, 0.25) is 5.02 Å². The van der Waals surface area contributed by atoms with E-state index in [9.17, 15) is 4.79 Å². The highest BCUT2D eigenvalue weighted by Crippen LogP contribution is 2.24. The Bertz CT molecular complexity index is 638. The Hall–Kier alpha value is -1.84. The summed E-state index contributed by atoms with van der Waals surface area (Å²) in [6.07, 6.45) is 0. The van der Waals surface area contributed by atoms with Crippen molar-refractivity contribution < 1.29 is 14.3 Å². The monoisotopic (exact) mass is 304 g/mol. The Morgan fingerprint density at radius 3 is 2.62 bits per heavy atom. The van der Waals surface area contributed by atoms with Gasteiger partial charge in [0.05, 0.1) is 12.2 Å². The van der Waals surface area contributed by atoms with E-state index in [-0.39, 0.29) is 5.78 Å². The van der Waals surface area contributed by atoms with E-state index in [1.807, 2.05) is 25.1 Å². The number of carbonyl (C=O) groups excluding carboxylic acids is 1. The van der Waals surface area contributed by atoms with Crippen LogP contribution in [-0.2, 0) is 4.74 Å². The van der Waals surface area contributed by atoms with Crippen LogP contribution in [0.3, 0.4) is 0 Å². The molecule has 110 valence electrons. The molecule has 2 aromatic carbocycles. The van der Waals surface area contributed by atoms with Crippen LogP contribution in [0, 0.1) is 6.92 Å². The van der Waals surface area contributed by atoms with Gasteiger partial charge in [-0.15, -0.1) is 0 Å². The number of methoxy groups -OCH3 is 1. The van der Waals surface area contributed by atoms with E-state index in [1.54, 1.807) is 31.4 Å². The first-order chi connectivity index (χ1) is 10.1.